The van der Waals surface area contributed by atoms with Crippen molar-refractivity contribution in [2.75, 3.05) is 0 Å². The highest BCUT2D eigenvalue weighted by atomic mass is 16.3. The van der Waals surface area contributed by atoms with Crippen LogP contribution >= 0.6 is 0 Å². The topological polar surface area (TPSA) is 83.7 Å². The molecule has 0 amide bonds. The third-order valence-corrected chi connectivity index (χ3v) is 12.5. The molecule has 0 unspecified atom stereocenters. The zero-order valence-electron chi connectivity index (χ0n) is 32.9. The standard InChI is InChI=1S/C56H30N4O2/c57-31-33-24-34(32-58)26-37(25-33)35-10-9-11-36(27-35)38-28-39(59-47-16-5-1-14-45(47)53-49(59)22-20-43-41-12-3-7-18-51(41)61-55(43)53)30-40(29-38)60-48-17-6-2-15-46(48)54-50(60)23-21-44-42-13-4-8-19-52(42)62-56(44)54/h1-30H. The fourth-order valence-electron chi connectivity index (χ4n) is 9.85. The number of rotatable bonds is 4. The van der Waals surface area contributed by atoms with Crippen LogP contribution in [0.5, 0.6) is 0 Å². The van der Waals surface area contributed by atoms with E-state index in [1.165, 1.54) is 0 Å². The smallest absolute Gasteiger partial charge is 0.145 e. The maximum Gasteiger partial charge on any atom is 0.145 e. The number of aromatic nitrogens is 2. The number of nitriles is 2. The summed E-state index contributed by atoms with van der Waals surface area (Å²) in [6, 6.07) is 67.3. The third kappa shape index (κ3) is 4.84. The van der Waals surface area contributed by atoms with Gasteiger partial charge in [-0.3, -0.25) is 0 Å². The van der Waals surface area contributed by atoms with Crippen molar-refractivity contribution in [3.8, 4) is 45.8 Å². The van der Waals surface area contributed by atoms with Crippen LogP contribution in [0, 0.1) is 22.7 Å². The third-order valence-electron chi connectivity index (χ3n) is 12.5. The Kier molecular flexibility index (Phi) is 7.05. The second-order valence-corrected chi connectivity index (χ2v) is 15.9. The minimum atomic E-state index is 0.448. The largest absolute Gasteiger partial charge is 0.455 e. The molecule has 0 spiro atoms. The van der Waals surface area contributed by atoms with Gasteiger partial charge in [-0.05, 0) is 113 Å². The van der Waals surface area contributed by atoms with Crippen molar-refractivity contribution in [3.05, 3.63) is 193 Å². The zero-order chi connectivity index (χ0) is 41.1. The van der Waals surface area contributed by atoms with Gasteiger partial charge in [-0.15, -0.1) is 0 Å². The number of nitrogens with zero attached hydrogens (tertiary/aromatic N) is 4. The molecule has 0 saturated heterocycles. The molecule has 4 aromatic heterocycles. The van der Waals surface area contributed by atoms with E-state index in [9.17, 15) is 10.5 Å². The van der Waals surface area contributed by atoms with Gasteiger partial charge in [-0.1, -0.05) is 91.0 Å². The summed E-state index contributed by atoms with van der Waals surface area (Å²) in [5, 5.41) is 28.4. The lowest BCUT2D eigenvalue weighted by Gasteiger charge is -2.16. The number of hydrogen-bond acceptors (Lipinski definition) is 4. The summed E-state index contributed by atoms with van der Waals surface area (Å²) in [7, 11) is 0. The summed E-state index contributed by atoms with van der Waals surface area (Å²) < 4.78 is 18.1. The van der Waals surface area contributed by atoms with Gasteiger partial charge in [0.05, 0.1) is 56.1 Å². The predicted octanol–water partition coefficient (Wildman–Crippen LogP) is 14.8. The fraction of sp³-hybridized carbons (Fsp3) is 0. The molecule has 62 heavy (non-hydrogen) atoms. The van der Waals surface area contributed by atoms with Crippen molar-refractivity contribution in [1.29, 1.82) is 10.5 Å². The average Bonchev–Trinajstić information content (AvgIpc) is 4.09. The van der Waals surface area contributed by atoms with Gasteiger partial charge in [0, 0.05) is 43.7 Å². The SMILES string of the molecule is N#Cc1cc(C#N)cc(-c2cccc(-c3cc(-n4c5ccccc5c5c6oc7ccccc7c6ccc54)cc(-n4c5ccccc5c5c6oc7ccccc7c6ccc54)c3)c2)c1. The van der Waals surface area contributed by atoms with E-state index >= 15 is 0 Å². The van der Waals surface area contributed by atoms with E-state index in [0.717, 1.165) is 121 Å². The van der Waals surface area contributed by atoms with Crippen molar-refractivity contribution >= 4 is 87.5 Å². The summed E-state index contributed by atoms with van der Waals surface area (Å²) in [5.74, 6) is 0. The van der Waals surface area contributed by atoms with E-state index in [1.54, 1.807) is 6.07 Å². The number of benzene rings is 9. The Balaban J connectivity index is 1.13. The molecule has 0 atom stereocenters. The summed E-state index contributed by atoms with van der Waals surface area (Å²) in [6.45, 7) is 0. The maximum atomic E-state index is 9.82. The van der Waals surface area contributed by atoms with Gasteiger partial charge < -0.3 is 18.0 Å². The molecule has 0 aliphatic carbocycles. The van der Waals surface area contributed by atoms with Gasteiger partial charge in [0.25, 0.3) is 0 Å². The Morgan fingerprint density at radius 3 is 1.29 bits per heavy atom. The lowest BCUT2D eigenvalue weighted by Crippen LogP contribution is -2.00. The van der Waals surface area contributed by atoms with E-state index < -0.39 is 0 Å². The van der Waals surface area contributed by atoms with Gasteiger partial charge in [-0.25, -0.2) is 0 Å². The van der Waals surface area contributed by atoms with E-state index in [0.29, 0.717) is 11.1 Å². The van der Waals surface area contributed by atoms with Crippen LogP contribution in [-0.4, -0.2) is 9.13 Å². The Hall–Kier alpha value is -8.84. The minimum Gasteiger partial charge on any atom is -0.455 e. The molecular weight excluding hydrogens is 761 g/mol. The van der Waals surface area contributed by atoms with E-state index in [4.69, 9.17) is 8.83 Å². The van der Waals surface area contributed by atoms with Crippen LogP contribution in [-0.2, 0) is 0 Å². The zero-order valence-corrected chi connectivity index (χ0v) is 32.9. The first-order valence-corrected chi connectivity index (χ1v) is 20.5. The van der Waals surface area contributed by atoms with Crippen LogP contribution in [0.25, 0.3) is 121 Å². The number of furan rings is 2. The molecule has 286 valence electrons. The molecule has 0 N–H and O–H groups in total. The van der Waals surface area contributed by atoms with Crippen molar-refractivity contribution in [2.45, 2.75) is 0 Å². The van der Waals surface area contributed by atoms with Crippen LogP contribution < -0.4 is 0 Å². The lowest BCUT2D eigenvalue weighted by atomic mass is 9.96. The molecule has 9 aromatic carbocycles. The summed E-state index contributed by atoms with van der Waals surface area (Å²) in [6.07, 6.45) is 0. The number of para-hydroxylation sites is 4. The Morgan fingerprint density at radius 2 is 0.790 bits per heavy atom. The molecule has 0 radical (unpaired) electrons. The van der Waals surface area contributed by atoms with Crippen LogP contribution in [0.2, 0.25) is 0 Å². The van der Waals surface area contributed by atoms with Gasteiger partial charge in [0.1, 0.15) is 22.3 Å². The highest BCUT2D eigenvalue weighted by molar-refractivity contribution is 6.25. The molecule has 0 aliphatic heterocycles. The van der Waals surface area contributed by atoms with E-state index in [1.807, 2.05) is 48.5 Å². The van der Waals surface area contributed by atoms with Crippen LogP contribution in [0.1, 0.15) is 11.1 Å². The molecular formula is C56H30N4O2. The number of fused-ring (bicyclic) bond motifs is 14. The first-order valence-electron chi connectivity index (χ1n) is 20.5. The fourth-order valence-corrected chi connectivity index (χ4v) is 9.85. The Morgan fingerprint density at radius 1 is 0.339 bits per heavy atom. The summed E-state index contributed by atoms with van der Waals surface area (Å²) in [4.78, 5) is 0. The van der Waals surface area contributed by atoms with Crippen molar-refractivity contribution < 1.29 is 8.83 Å². The second kappa shape index (κ2) is 12.8. The van der Waals surface area contributed by atoms with Gasteiger partial charge in [-0.2, -0.15) is 10.5 Å². The van der Waals surface area contributed by atoms with E-state index in [-0.39, 0.29) is 0 Å². The summed E-state index contributed by atoms with van der Waals surface area (Å²) >= 11 is 0. The Labute approximate surface area is 353 Å². The molecule has 6 heteroatoms. The maximum absolute atomic E-state index is 9.82. The molecule has 13 rings (SSSR count). The normalized spacial score (nSPS) is 11.8. The molecule has 0 aliphatic rings. The quantitative estimate of drug-likeness (QED) is 0.178. The number of hydrogen-bond donors (Lipinski definition) is 0. The molecule has 13 aromatic rings. The molecule has 0 bridgehead atoms. The van der Waals surface area contributed by atoms with E-state index in [2.05, 4.69) is 149 Å². The first kappa shape index (κ1) is 34.1. The van der Waals surface area contributed by atoms with Crippen molar-refractivity contribution in [3.63, 3.8) is 0 Å². The van der Waals surface area contributed by atoms with Gasteiger partial charge in [0.2, 0.25) is 0 Å². The molecule has 6 nitrogen and oxygen atoms in total. The van der Waals surface area contributed by atoms with Crippen LogP contribution in [0.3, 0.4) is 0 Å². The van der Waals surface area contributed by atoms with Gasteiger partial charge >= 0.3 is 0 Å². The van der Waals surface area contributed by atoms with Crippen molar-refractivity contribution in [2.24, 2.45) is 0 Å². The first-order chi connectivity index (χ1) is 30.6. The van der Waals surface area contributed by atoms with Crippen molar-refractivity contribution in [1.82, 2.24) is 9.13 Å². The van der Waals surface area contributed by atoms with Gasteiger partial charge in [0.15, 0.2) is 0 Å². The second-order valence-electron chi connectivity index (χ2n) is 15.9. The lowest BCUT2D eigenvalue weighted by molar-refractivity contribution is 0.672. The van der Waals surface area contributed by atoms with Crippen LogP contribution in [0.4, 0.5) is 0 Å². The molecule has 0 fully saturated rings. The summed E-state index contributed by atoms with van der Waals surface area (Å²) in [5.41, 5.74) is 14.3. The molecule has 0 saturated carbocycles. The highest BCUT2D eigenvalue weighted by Crippen LogP contribution is 2.44. The predicted molar refractivity (Wildman–Crippen MR) is 250 cm³/mol. The molecule has 4 heterocycles. The monoisotopic (exact) mass is 790 g/mol. The van der Waals surface area contributed by atoms with Crippen LogP contribution in [0.15, 0.2) is 191 Å². The highest BCUT2D eigenvalue weighted by Gasteiger charge is 2.22. The average molecular weight is 791 g/mol. The Bertz CT molecular complexity index is 3900. The minimum absolute atomic E-state index is 0.448.